The molecule has 3 aliphatic rings. The summed E-state index contributed by atoms with van der Waals surface area (Å²) >= 11 is 12.3. The molecule has 4 atom stereocenters. The van der Waals surface area contributed by atoms with E-state index in [-0.39, 0.29) is 35.9 Å². The average Bonchev–Trinajstić information content (AvgIpc) is 3.37. The average molecular weight is 420 g/mol. The van der Waals surface area contributed by atoms with Crippen LogP contribution in [0.1, 0.15) is 29.8 Å². The molecule has 0 aliphatic carbocycles. The van der Waals surface area contributed by atoms with Gasteiger partial charge in [0.25, 0.3) is 0 Å². The molecule has 0 N–H and O–H groups in total. The van der Waals surface area contributed by atoms with Crippen LogP contribution in [0.2, 0.25) is 10.0 Å². The number of hydrogen-bond acceptors (Lipinski definition) is 4. The van der Waals surface area contributed by atoms with Crippen LogP contribution >= 0.6 is 23.2 Å². The number of aryl methyl sites for hydroxylation is 1. The lowest BCUT2D eigenvalue weighted by Crippen LogP contribution is -2.35. The maximum Gasteiger partial charge on any atom is 0.240 e. The number of ether oxygens (including phenoxy) is 1. The molecule has 3 fully saturated rings. The van der Waals surface area contributed by atoms with Crippen molar-refractivity contribution in [1.82, 2.24) is 9.78 Å². The van der Waals surface area contributed by atoms with E-state index in [1.165, 1.54) is 4.90 Å². The second-order valence-corrected chi connectivity index (χ2v) is 8.61. The Morgan fingerprint density at radius 2 is 1.75 bits per heavy atom. The van der Waals surface area contributed by atoms with E-state index in [0.717, 1.165) is 24.1 Å². The second-order valence-electron chi connectivity index (χ2n) is 7.77. The zero-order valence-corrected chi connectivity index (χ0v) is 17.0. The van der Waals surface area contributed by atoms with Crippen molar-refractivity contribution in [2.45, 2.75) is 45.4 Å². The highest BCUT2D eigenvalue weighted by molar-refractivity contribution is 6.35. The number of aromatic nitrogens is 2. The Balaban J connectivity index is 1.50. The number of imide groups is 1. The molecule has 146 valence electrons. The molecule has 4 heterocycles. The van der Waals surface area contributed by atoms with Crippen LogP contribution in [0.15, 0.2) is 18.2 Å². The highest BCUT2D eigenvalue weighted by Gasteiger charge is 2.63. The molecule has 2 amide bonds. The number of nitrogens with zero attached hydrogens (tertiary/aromatic N) is 3. The largest absolute Gasteiger partial charge is 0.373 e. The van der Waals surface area contributed by atoms with Crippen LogP contribution in [0.25, 0.3) is 0 Å². The molecule has 0 unspecified atom stereocenters. The molecule has 6 nitrogen and oxygen atoms in total. The van der Waals surface area contributed by atoms with Gasteiger partial charge >= 0.3 is 0 Å². The predicted octanol–water partition coefficient (Wildman–Crippen LogP) is 3.52. The first-order valence-corrected chi connectivity index (χ1v) is 10.1. The lowest BCUT2D eigenvalue weighted by atomic mass is 9.81. The van der Waals surface area contributed by atoms with Crippen molar-refractivity contribution in [2.75, 3.05) is 4.90 Å². The topological polar surface area (TPSA) is 64.4 Å². The summed E-state index contributed by atoms with van der Waals surface area (Å²) in [6.07, 6.45) is 1.45. The fraction of sp³-hybridized carbons (Fsp3) is 0.450. The molecule has 2 bridgehead atoms. The first kappa shape index (κ1) is 18.2. The molecule has 8 heteroatoms. The van der Waals surface area contributed by atoms with Crippen molar-refractivity contribution in [3.05, 3.63) is 45.2 Å². The number of benzene rings is 1. The van der Waals surface area contributed by atoms with Gasteiger partial charge in [0.05, 0.1) is 47.7 Å². The van der Waals surface area contributed by atoms with Gasteiger partial charge in [0.2, 0.25) is 11.8 Å². The normalized spacial score (nSPS) is 28.5. The van der Waals surface area contributed by atoms with Crippen molar-refractivity contribution >= 4 is 40.7 Å². The molecule has 28 heavy (non-hydrogen) atoms. The molecule has 0 saturated carbocycles. The van der Waals surface area contributed by atoms with Gasteiger partial charge < -0.3 is 4.74 Å². The Labute approximate surface area is 172 Å². The molecule has 1 aromatic heterocycles. The summed E-state index contributed by atoms with van der Waals surface area (Å²) < 4.78 is 7.59. The first-order valence-electron chi connectivity index (χ1n) is 9.38. The van der Waals surface area contributed by atoms with Gasteiger partial charge in [-0.2, -0.15) is 5.10 Å². The maximum absolute atomic E-state index is 13.1. The zero-order valence-electron chi connectivity index (χ0n) is 15.5. The Morgan fingerprint density at radius 3 is 2.36 bits per heavy atom. The summed E-state index contributed by atoms with van der Waals surface area (Å²) in [7, 11) is 0. The fourth-order valence-corrected chi connectivity index (χ4v) is 5.38. The number of fused-ring (bicyclic) bond motifs is 5. The van der Waals surface area contributed by atoms with Gasteiger partial charge in [-0.05, 0) is 44.4 Å². The van der Waals surface area contributed by atoms with Crippen LogP contribution in [-0.4, -0.2) is 33.8 Å². The summed E-state index contributed by atoms with van der Waals surface area (Å²) in [5.41, 5.74) is 2.87. The maximum atomic E-state index is 13.1. The van der Waals surface area contributed by atoms with Gasteiger partial charge in [-0.1, -0.05) is 29.3 Å². The van der Waals surface area contributed by atoms with Crippen LogP contribution in [0.5, 0.6) is 0 Å². The Morgan fingerprint density at radius 1 is 1.11 bits per heavy atom. The van der Waals surface area contributed by atoms with Crippen molar-refractivity contribution in [1.29, 1.82) is 0 Å². The number of anilines is 1. The molecule has 0 spiro atoms. The Hall–Kier alpha value is -1.89. The predicted molar refractivity (Wildman–Crippen MR) is 105 cm³/mol. The smallest absolute Gasteiger partial charge is 0.240 e. The van der Waals surface area contributed by atoms with E-state index in [1.54, 1.807) is 16.8 Å². The van der Waals surface area contributed by atoms with Gasteiger partial charge in [0.15, 0.2) is 0 Å². The van der Waals surface area contributed by atoms with Gasteiger partial charge in [0.1, 0.15) is 0 Å². The molecule has 3 saturated heterocycles. The highest BCUT2D eigenvalue weighted by atomic mass is 35.5. The van der Waals surface area contributed by atoms with E-state index in [2.05, 4.69) is 5.10 Å². The van der Waals surface area contributed by atoms with Gasteiger partial charge in [-0.15, -0.1) is 0 Å². The lowest BCUT2D eigenvalue weighted by molar-refractivity contribution is -0.124. The number of amides is 2. The summed E-state index contributed by atoms with van der Waals surface area (Å²) in [6.45, 7) is 4.13. The van der Waals surface area contributed by atoms with Crippen LogP contribution in [0.3, 0.4) is 0 Å². The monoisotopic (exact) mass is 419 g/mol. The van der Waals surface area contributed by atoms with E-state index in [9.17, 15) is 9.59 Å². The highest BCUT2D eigenvalue weighted by Crippen LogP contribution is 2.50. The van der Waals surface area contributed by atoms with E-state index in [0.29, 0.717) is 28.0 Å². The SMILES string of the molecule is Cc1nn(Cc2ccc(Cl)cc2Cl)c(C)c1N1C(=O)[C@@H]2[C@H](C1=O)[C@@H]1CC[C@@H]2O1. The number of halogens is 2. The number of carbonyl (C=O) groups is 2. The molecule has 0 radical (unpaired) electrons. The van der Waals surface area contributed by atoms with Crippen molar-refractivity contribution in [3.63, 3.8) is 0 Å². The van der Waals surface area contributed by atoms with Gasteiger partial charge in [-0.3, -0.25) is 14.3 Å². The molecular weight excluding hydrogens is 401 g/mol. The molecule has 3 aliphatic heterocycles. The standard InChI is InChI=1S/C20H19Cl2N3O3/c1-9-18(10(2)24(23-9)8-11-3-4-12(21)7-13(11)22)25-19(26)16-14-5-6-15(28-14)17(16)20(25)27/h3-4,7,14-17H,5-6,8H2,1-2H3/t14-,15-,16-,17+/m0/s1. The number of hydrogen-bond donors (Lipinski definition) is 0. The third-order valence-electron chi connectivity index (χ3n) is 6.19. The summed E-state index contributed by atoms with van der Waals surface area (Å²) in [6, 6.07) is 5.32. The van der Waals surface area contributed by atoms with Crippen LogP contribution < -0.4 is 4.90 Å². The van der Waals surface area contributed by atoms with E-state index >= 15 is 0 Å². The fourth-order valence-electron chi connectivity index (χ4n) is 4.91. The van der Waals surface area contributed by atoms with Gasteiger partial charge in [-0.25, -0.2) is 4.90 Å². The van der Waals surface area contributed by atoms with Crippen LogP contribution in [0, 0.1) is 25.7 Å². The van der Waals surface area contributed by atoms with Gasteiger partial charge in [0, 0.05) is 10.0 Å². The molecule has 2 aromatic rings. The van der Waals surface area contributed by atoms with Crippen molar-refractivity contribution in [3.8, 4) is 0 Å². The minimum atomic E-state index is -0.348. The second kappa shape index (κ2) is 6.31. The van der Waals surface area contributed by atoms with E-state index < -0.39 is 0 Å². The summed E-state index contributed by atoms with van der Waals surface area (Å²) in [5, 5.41) is 5.70. The summed E-state index contributed by atoms with van der Waals surface area (Å²) in [5.74, 6) is -1.01. The molecular formula is C20H19Cl2N3O3. The first-order chi connectivity index (χ1) is 13.4. The molecule has 5 rings (SSSR count). The lowest BCUT2D eigenvalue weighted by Gasteiger charge is -2.18. The Bertz CT molecular complexity index is 990. The van der Waals surface area contributed by atoms with Crippen LogP contribution in [-0.2, 0) is 20.9 Å². The Kier molecular flexibility index (Phi) is 4.09. The van der Waals surface area contributed by atoms with Crippen molar-refractivity contribution < 1.29 is 14.3 Å². The summed E-state index contributed by atoms with van der Waals surface area (Å²) in [4.78, 5) is 27.6. The third-order valence-corrected chi connectivity index (χ3v) is 6.77. The van der Waals surface area contributed by atoms with E-state index in [4.69, 9.17) is 27.9 Å². The minimum absolute atomic E-state index is 0.125. The van der Waals surface area contributed by atoms with E-state index in [1.807, 2.05) is 19.9 Å². The molecule has 1 aromatic carbocycles. The number of rotatable bonds is 3. The zero-order chi connectivity index (χ0) is 19.7. The van der Waals surface area contributed by atoms with Crippen LogP contribution in [0.4, 0.5) is 5.69 Å². The minimum Gasteiger partial charge on any atom is -0.373 e. The number of carbonyl (C=O) groups excluding carboxylic acids is 2. The van der Waals surface area contributed by atoms with Crippen molar-refractivity contribution in [2.24, 2.45) is 11.8 Å². The third kappa shape index (κ3) is 2.48. The quantitative estimate of drug-likeness (QED) is 0.713.